The molecule has 0 aromatic heterocycles. The molecular weight excluding hydrogens is 475 g/mol. The molecule has 2 rings (SSSR count). The predicted octanol–water partition coefficient (Wildman–Crippen LogP) is 1.67. The molecule has 1 saturated heterocycles. The molecule has 1 aliphatic rings. The first-order valence-electron chi connectivity index (χ1n) is 10.0. The van der Waals surface area contributed by atoms with E-state index in [-0.39, 0.29) is 43.5 Å². The van der Waals surface area contributed by atoms with Crippen molar-refractivity contribution in [3.05, 3.63) is 30.3 Å². The van der Waals surface area contributed by atoms with Crippen LogP contribution < -0.4 is 15.2 Å². The van der Waals surface area contributed by atoms with Gasteiger partial charge in [-0.25, -0.2) is 9.36 Å². The van der Waals surface area contributed by atoms with Crippen molar-refractivity contribution >= 4 is 42.5 Å². The van der Waals surface area contributed by atoms with E-state index in [1.54, 1.807) is 44.2 Å². The van der Waals surface area contributed by atoms with Crippen LogP contribution in [0, 0.1) is 5.41 Å². The fourth-order valence-corrected chi connectivity index (χ4v) is 4.90. The number of phosphoric acid groups is 1. The summed E-state index contributed by atoms with van der Waals surface area (Å²) in [5.41, 5.74) is -0.788. The maximum atomic E-state index is 12.9. The molecule has 2 amide bonds. The van der Waals surface area contributed by atoms with E-state index in [1.165, 1.54) is 0 Å². The van der Waals surface area contributed by atoms with Gasteiger partial charge in [0.15, 0.2) is 6.10 Å². The molecule has 2 N–H and O–H groups in total. The number of carbonyl (C=O) groups is 4. The molecular formula is C20H27N2O9PS. The Morgan fingerprint density at radius 1 is 1.15 bits per heavy atom. The SMILES string of the molecule is COC(=O)C(=O)SCCNC(=O)CCNC(=O)[C@@H]1OP(=O)(Oc2ccccc2)OCC1(C)C. The molecule has 1 aromatic rings. The monoisotopic (exact) mass is 502 g/mol. The quantitative estimate of drug-likeness (QED) is 0.221. The van der Waals surface area contributed by atoms with Crippen molar-refractivity contribution in [3.8, 4) is 5.75 Å². The number of amides is 2. The molecule has 11 nitrogen and oxygen atoms in total. The number of nitrogens with one attached hydrogen (secondary N) is 2. The van der Waals surface area contributed by atoms with Gasteiger partial charge in [0, 0.05) is 30.7 Å². The summed E-state index contributed by atoms with van der Waals surface area (Å²) in [6.45, 7) is 3.60. The Kier molecular flexibility index (Phi) is 9.90. The van der Waals surface area contributed by atoms with Gasteiger partial charge in [-0.3, -0.25) is 23.4 Å². The molecule has 0 saturated carbocycles. The Hall–Kier alpha value is -2.40. The van der Waals surface area contributed by atoms with Gasteiger partial charge in [0.05, 0.1) is 13.7 Å². The summed E-state index contributed by atoms with van der Waals surface area (Å²) >= 11 is 0.734. The molecule has 0 radical (unpaired) electrons. The second-order valence-electron chi connectivity index (χ2n) is 7.62. The standard InChI is InChI=1S/C20H27N2O9PS/c1-20(2)13-29-32(27,30-14-7-5-4-6-8-14)31-16(20)17(24)22-10-9-15(23)21-11-12-33-19(26)18(25)28-3/h4-8,16H,9-13H2,1-3H3,(H,21,23)(H,22,24)/t16-,32?/m0/s1. The average molecular weight is 502 g/mol. The number of esters is 1. The summed E-state index contributed by atoms with van der Waals surface area (Å²) in [6.07, 6.45) is -1.15. The highest BCUT2D eigenvalue weighted by atomic mass is 32.2. The van der Waals surface area contributed by atoms with Crippen LogP contribution in [0.15, 0.2) is 30.3 Å². The summed E-state index contributed by atoms with van der Waals surface area (Å²) in [4.78, 5) is 46.9. The van der Waals surface area contributed by atoms with Crippen molar-refractivity contribution in [1.82, 2.24) is 10.6 Å². The van der Waals surface area contributed by atoms with E-state index in [9.17, 15) is 23.7 Å². The van der Waals surface area contributed by atoms with Gasteiger partial charge in [0.2, 0.25) is 5.91 Å². The van der Waals surface area contributed by atoms with Crippen LogP contribution in [0.5, 0.6) is 5.75 Å². The first-order valence-corrected chi connectivity index (χ1v) is 12.5. The smallest absolute Gasteiger partial charge is 0.463 e. The van der Waals surface area contributed by atoms with Crippen molar-refractivity contribution < 1.29 is 42.1 Å². The summed E-state index contributed by atoms with van der Waals surface area (Å²) in [7, 11) is -2.91. The van der Waals surface area contributed by atoms with Crippen molar-refractivity contribution in [2.24, 2.45) is 5.41 Å². The number of ether oxygens (including phenoxy) is 1. The minimum atomic E-state index is -4.02. The summed E-state index contributed by atoms with van der Waals surface area (Å²) in [6, 6.07) is 8.33. The van der Waals surface area contributed by atoms with Gasteiger partial charge in [-0.1, -0.05) is 43.8 Å². The van der Waals surface area contributed by atoms with Crippen LogP contribution in [-0.4, -0.2) is 61.6 Å². The van der Waals surface area contributed by atoms with Gasteiger partial charge in [0.25, 0.3) is 11.0 Å². The second kappa shape index (κ2) is 12.2. The van der Waals surface area contributed by atoms with Crippen LogP contribution in [0.25, 0.3) is 0 Å². The molecule has 1 heterocycles. The van der Waals surface area contributed by atoms with Crippen LogP contribution in [0.2, 0.25) is 0 Å². The van der Waals surface area contributed by atoms with E-state index in [4.69, 9.17) is 13.6 Å². The van der Waals surface area contributed by atoms with E-state index >= 15 is 0 Å². The minimum Gasteiger partial charge on any atom is -0.463 e. The lowest BCUT2D eigenvalue weighted by atomic mass is 9.87. The molecule has 33 heavy (non-hydrogen) atoms. The highest BCUT2D eigenvalue weighted by Crippen LogP contribution is 2.56. The van der Waals surface area contributed by atoms with Gasteiger partial charge in [-0.05, 0) is 12.1 Å². The van der Waals surface area contributed by atoms with E-state index in [2.05, 4.69) is 15.4 Å². The molecule has 1 aromatic carbocycles. The summed E-state index contributed by atoms with van der Waals surface area (Å²) in [5.74, 6) is -1.37. The maximum absolute atomic E-state index is 12.9. The molecule has 2 atom stereocenters. The molecule has 182 valence electrons. The van der Waals surface area contributed by atoms with Crippen LogP contribution in [-0.2, 0) is 37.5 Å². The fraction of sp³-hybridized carbons (Fsp3) is 0.500. The van der Waals surface area contributed by atoms with Crippen LogP contribution in [0.3, 0.4) is 0 Å². The van der Waals surface area contributed by atoms with Crippen LogP contribution in [0.4, 0.5) is 0 Å². The molecule has 0 aliphatic carbocycles. The van der Waals surface area contributed by atoms with Crippen LogP contribution >= 0.6 is 19.6 Å². The van der Waals surface area contributed by atoms with Gasteiger partial charge in [-0.2, -0.15) is 0 Å². The normalized spacial score (nSPS) is 21.5. The zero-order chi connectivity index (χ0) is 24.5. The fourth-order valence-electron chi connectivity index (χ4n) is 2.64. The van der Waals surface area contributed by atoms with E-state index in [0.717, 1.165) is 18.9 Å². The van der Waals surface area contributed by atoms with Gasteiger partial charge >= 0.3 is 13.8 Å². The maximum Gasteiger partial charge on any atom is 0.530 e. The highest BCUT2D eigenvalue weighted by molar-refractivity contribution is 8.15. The van der Waals surface area contributed by atoms with Gasteiger partial charge in [-0.15, -0.1) is 0 Å². The minimum absolute atomic E-state index is 0.0134. The number of hydrogen-bond acceptors (Lipinski definition) is 10. The van der Waals surface area contributed by atoms with Crippen molar-refractivity contribution in [2.45, 2.75) is 26.4 Å². The topological polar surface area (TPSA) is 146 Å². The lowest BCUT2D eigenvalue weighted by Gasteiger charge is -2.39. The zero-order valence-corrected chi connectivity index (χ0v) is 20.2. The molecule has 1 aliphatic heterocycles. The second-order valence-corrected chi connectivity index (χ2v) is 10.2. The number of thioether (sulfide) groups is 1. The Bertz CT molecular complexity index is 910. The average Bonchev–Trinajstić information content (AvgIpc) is 2.78. The summed E-state index contributed by atoms with van der Waals surface area (Å²) in [5, 5.41) is 4.42. The van der Waals surface area contributed by atoms with Gasteiger partial charge < -0.3 is 19.9 Å². The number of para-hydroxylation sites is 1. The highest BCUT2D eigenvalue weighted by Gasteiger charge is 2.49. The zero-order valence-electron chi connectivity index (χ0n) is 18.5. The number of carbonyl (C=O) groups excluding carboxylic acids is 4. The Morgan fingerprint density at radius 3 is 2.52 bits per heavy atom. The number of methoxy groups -OCH3 is 1. The predicted molar refractivity (Wildman–Crippen MR) is 119 cm³/mol. The molecule has 0 spiro atoms. The first kappa shape index (κ1) is 26.8. The summed E-state index contributed by atoms with van der Waals surface area (Å²) < 4.78 is 33.3. The molecule has 1 unspecified atom stereocenters. The van der Waals surface area contributed by atoms with Crippen molar-refractivity contribution in [3.63, 3.8) is 0 Å². The van der Waals surface area contributed by atoms with Crippen molar-refractivity contribution in [1.29, 1.82) is 0 Å². The van der Waals surface area contributed by atoms with Crippen LogP contribution in [0.1, 0.15) is 20.3 Å². The molecule has 0 bridgehead atoms. The van der Waals surface area contributed by atoms with Crippen molar-refractivity contribution in [2.75, 3.05) is 32.6 Å². The number of benzene rings is 1. The Labute approximate surface area is 195 Å². The van der Waals surface area contributed by atoms with E-state index in [1.807, 2.05) is 0 Å². The van der Waals surface area contributed by atoms with Gasteiger partial charge in [0.1, 0.15) is 5.75 Å². The number of hydrogen-bond donors (Lipinski definition) is 2. The lowest BCUT2D eigenvalue weighted by Crippen LogP contribution is -2.50. The Morgan fingerprint density at radius 2 is 1.85 bits per heavy atom. The number of rotatable bonds is 9. The Balaban J connectivity index is 1.78. The van der Waals surface area contributed by atoms with E-state index in [0.29, 0.717) is 0 Å². The first-order chi connectivity index (χ1) is 15.6. The molecule has 13 heteroatoms. The molecule has 1 fully saturated rings. The third-order valence-corrected chi connectivity index (χ3v) is 6.58. The van der Waals surface area contributed by atoms with E-state index < -0.39 is 36.3 Å². The third-order valence-electron chi connectivity index (χ3n) is 4.40. The third kappa shape index (κ3) is 8.47. The number of phosphoric ester groups is 1. The largest absolute Gasteiger partial charge is 0.530 e. The lowest BCUT2D eigenvalue weighted by molar-refractivity contribution is -0.147.